The fraction of sp³-hybridized carbons (Fsp3) is 0.583. The second kappa shape index (κ2) is 7.52. The van der Waals surface area contributed by atoms with Gasteiger partial charge in [0.15, 0.2) is 0 Å². The first-order valence-electron chi connectivity index (χ1n) is 6.27. The van der Waals surface area contributed by atoms with Gasteiger partial charge < -0.3 is 20.7 Å². The van der Waals surface area contributed by atoms with E-state index in [-0.39, 0.29) is 11.8 Å². The molecule has 0 spiro atoms. The van der Waals surface area contributed by atoms with Crippen molar-refractivity contribution >= 4 is 11.9 Å². The highest BCUT2D eigenvalue weighted by atomic mass is 16.4. The molecule has 7 heteroatoms. The third kappa shape index (κ3) is 5.09. The van der Waals surface area contributed by atoms with Gasteiger partial charge in [0.05, 0.1) is 12.2 Å². The van der Waals surface area contributed by atoms with Gasteiger partial charge in [0.1, 0.15) is 5.69 Å². The van der Waals surface area contributed by atoms with Crippen molar-refractivity contribution < 1.29 is 14.7 Å². The minimum Gasteiger partial charge on any atom is -0.481 e. The van der Waals surface area contributed by atoms with Gasteiger partial charge in [-0.2, -0.15) is 0 Å². The van der Waals surface area contributed by atoms with Crippen LogP contribution in [0.1, 0.15) is 30.3 Å². The molecule has 0 aliphatic rings. The topological polar surface area (TPSA) is 110 Å². The smallest absolute Gasteiger partial charge is 0.306 e. The summed E-state index contributed by atoms with van der Waals surface area (Å²) in [5, 5.41) is 11.4. The van der Waals surface area contributed by atoms with Crippen LogP contribution in [0.4, 0.5) is 0 Å². The van der Waals surface area contributed by atoms with E-state index in [1.165, 1.54) is 0 Å². The predicted octanol–water partition coefficient (Wildman–Crippen LogP) is 0.0725. The quantitative estimate of drug-likeness (QED) is 0.578. The van der Waals surface area contributed by atoms with Crippen molar-refractivity contribution in [3.63, 3.8) is 0 Å². The maximum absolute atomic E-state index is 11.7. The first-order chi connectivity index (χ1) is 9.04. The lowest BCUT2D eigenvalue weighted by Gasteiger charge is -2.06. The van der Waals surface area contributed by atoms with E-state index >= 15 is 0 Å². The molecule has 1 unspecified atom stereocenters. The van der Waals surface area contributed by atoms with E-state index in [1.807, 2.05) is 0 Å². The molecular weight excluding hydrogens is 248 g/mol. The number of carboxylic acid groups (broad SMARTS) is 1. The Morgan fingerprint density at radius 2 is 2.32 bits per heavy atom. The van der Waals surface area contributed by atoms with Crippen molar-refractivity contribution in [1.29, 1.82) is 0 Å². The maximum atomic E-state index is 11.7. The summed E-state index contributed by atoms with van der Waals surface area (Å²) >= 11 is 0. The monoisotopic (exact) mass is 268 g/mol. The number of carboxylic acids is 1. The Bertz CT molecular complexity index is 430. The van der Waals surface area contributed by atoms with E-state index in [4.69, 9.17) is 10.8 Å². The van der Waals surface area contributed by atoms with Crippen molar-refractivity contribution in [2.75, 3.05) is 13.1 Å². The second-order valence-electron chi connectivity index (χ2n) is 4.42. The molecule has 1 aromatic rings. The lowest BCUT2D eigenvalue weighted by molar-refractivity contribution is -0.141. The Kier molecular flexibility index (Phi) is 6.01. The van der Waals surface area contributed by atoms with Gasteiger partial charge in [0.2, 0.25) is 0 Å². The van der Waals surface area contributed by atoms with Crippen molar-refractivity contribution in [1.82, 2.24) is 14.9 Å². The predicted molar refractivity (Wildman–Crippen MR) is 69.6 cm³/mol. The van der Waals surface area contributed by atoms with E-state index in [1.54, 1.807) is 24.0 Å². The Hall–Kier alpha value is -1.89. The molecule has 0 saturated carbocycles. The number of nitrogens with one attached hydrogen (secondary N) is 1. The highest BCUT2D eigenvalue weighted by Crippen LogP contribution is 2.04. The van der Waals surface area contributed by atoms with Crippen molar-refractivity contribution in [2.24, 2.45) is 11.7 Å². The molecule has 1 rings (SSSR count). The molecular formula is C12H20N4O3. The highest BCUT2D eigenvalue weighted by molar-refractivity contribution is 5.91. The summed E-state index contributed by atoms with van der Waals surface area (Å²) in [6.07, 6.45) is 4.37. The Morgan fingerprint density at radius 1 is 1.58 bits per heavy atom. The highest BCUT2D eigenvalue weighted by Gasteiger charge is 2.11. The van der Waals surface area contributed by atoms with Crippen LogP contribution >= 0.6 is 0 Å². The van der Waals surface area contributed by atoms with Gasteiger partial charge in [-0.25, -0.2) is 4.98 Å². The summed E-state index contributed by atoms with van der Waals surface area (Å²) in [4.78, 5) is 26.3. The molecule has 0 bridgehead atoms. The summed E-state index contributed by atoms with van der Waals surface area (Å²) in [5.74, 6) is -1.45. The van der Waals surface area contributed by atoms with Gasteiger partial charge in [0.25, 0.3) is 5.91 Å². The normalized spacial score (nSPS) is 12.1. The van der Waals surface area contributed by atoms with Crippen molar-refractivity contribution in [2.45, 2.75) is 26.3 Å². The van der Waals surface area contributed by atoms with E-state index in [2.05, 4.69) is 10.3 Å². The minimum atomic E-state index is -0.813. The van der Waals surface area contributed by atoms with Gasteiger partial charge in [-0.15, -0.1) is 0 Å². The molecule has 0 radical (unpaired) electrons. The number of aliphatic carboxylic acids is 1. The number of imidazole rings is 1. The van der Waals surface area contributed by atoms with Crippen molar-refractivity contribution in [3.05, 3.63) is 18.2 Å². The molecule has 0 aliphatic carbocycles. The van der Waals surface area contributed by atoms with Crippen LogP contribution in [0.5, 0.6) is 0 Å². The third-order valence-electron chi connectivity index (χ3n) is 2.77. The Balaban J connectivity index is 2.28. The van der Waals surface area contributed by atoms with Crippen LogP contribution in [0.25, 0.3) is 0 Å². The van der Waals surface area contributed by atoms with Gasteiger partial charge in [-0.1, -0.05) is 6.92 Å². The fourth-order valence-electron chi connectivity index (χ4n) is 1.57. The standard InChI is InChI=1S/C12H20N4O3/c1-9(12(18)19)3-2-5-14-11(17)10-7-16(6-4-13)8-15-10/h7-9H,2-6,13H2,1H3,(H,14,17)(H,18,19). The van der Waals surface area contributed by atoms with E-state index in [0.717, 1.165) is 0 Å². The number of carbonyl (C=O) groups excluding carboxylic acids is 1. The Morgan fingerprint density at radius 3 is 2.95 bits per heavy atom. The number of amides is 1. The Labute approximate surface area is 111 Å². The van der Waals surface area contributed by atoms with Crippen LogP contribution in [-0.2, 0) is 11.3 Å². The molecule has 106 valence electrons. The van der Waals surface area contributed by atoms with Gasteiger partial charge in [0, 0.05) is 25.8 Å². The summed E-state index contributed by atoms with van der Waals surface area (Å²) in [6.45, 7) is 3.21. The molecule has 0 saturated heterocycles. The van der Waals surface area contributed by atoms with Gasteiger partial charge in [-0.3, -0.25) is 9.59 Å². The number of aromatic nitrogens is 2. The molecule has 1 atom stereocenters. The average Bonchev–Trinajstić information content (AvgIpc) is 2.83. The summed E-state index contributed by atoms with van der Waals surface area (Å²) in [5.41, 5.74) is 5.75. The summed E-state index contributed by atoms with van der Waals surface area (Å²) < 4.78 is 1.75. The second-order valence-corrected chi connectivity index (χ2v) is 4.42. The van der Waals surface area contributed by atoms with Crippen LogP contribution in [0.15, 0.2) is 12.5 Å². The zero-order valence-electron chi connectivity index (χ0n) is 11.0. The minimum absolute atomic E-state index is 0.251. The first-order valence-corrected chi connectivity index (χ1v) is 6.27. The van der Waals surface area contributed by atoms with Crippen LogP contribution in [-0.4, -0.2) is 39.6 Å². The fourth-order valence-corrected chi connectivity index (χ4v) is 1.57. The molecule has 1 aromatic heterocycles. The number of nitrogens with two attached hydrogens (primary N) is 1. The van der Waals surface area contributed by atoms with E-state index < -0.39 is 5.97 Å². The van der Waals surface area contributed by atoms with Crippen molar-refractivity contribution in [3.8, 4) is 0 Å². The van der Waals surface area contributed by atoms with Gasteiger partial charge >= 0.3 is 5.97 Å². The van der Waals surface area contributed by atoms with Crippen LogP contribution < -0.4 is 11.1 Å². The zero-order chi connectivity index (χ0) is 14.3. The molecule has 7 nitrogen and oxygen atoms in total. The largest absolute Gasteiger partial charge is 0.481 e. The van der Waals surface area contributed by atoms with Crippen LogP contribution in [0, 0.1) is 5.92 Å². The molecule has 1 heterocycles. The SMILES string of the molecule is CC(CCCNC(=O)c1cn(CCN)cn1)C(=O)O. The molecule has 1 amide bonds. The molecule has 4 N–H and O–H groups in total. The van der Waals surface area contributed by atoms with Crippen LogP contribution in [0.3, 0.4) is 0 Å². The number of rotatable bonds is 8. The van der Waals surface area contributed by atoms with E-state index in [9.17, 15) is 9.59 Å². The number of nitrogens with zero attached hydrogens (tertiary/aromatic N) is 2. The number of hydrogen-bond acceptors (Lipinski definition) is 4. The average molecular weight is 268 g/mol. The zero-order valence-corrected chi connectivity index (χ0v) is 11.0. The third-order valence-corrected chi connectivity index (χ3v) is 2.77. The molecule has 0 aliphatic heterocycles. The lowest BCUT2D eigenvalue weighted by atomic mass is 10.1. The van der Waals surface area contributed by atoms with Gasteiger partial charge in [-0.05, 0) is 12.8 Å². The molecule has 0 aromatic carbocycles. The summed E-state index contributed by atoms with van der Waals surface area (Å²) in [7, 11) is 0. The number of carbonyl (C=O) groups is 2. The lowest BCUT2D eigenvalue weighted by Crippen LogP contribution is -2.25. The van der Waals surface area contributed by atoms with E-state index in [0.29, 0.717) is 38.2 Å². The molecule has 19 heavy (non-hydrogen) atoms. The maximum Gasteiger partial charge on any atom is 0.306 e. The first kappa shape index (κ1) is 15.2. The summed E-state index contributed by atoms with van der Waals surface area (Å²) in [6, 6.07) is 0. The molecule has 0 fully saturated rings. The van der Waals surface area contributed by atoms with Crippen LogP contribution in [0.2, 0.25) is 0 Å². The number of hydrogen-bond donors (Lipinski definition) is 3.